The predicted molar refractivity (Wildman–Crippen MR) is 77.0 cm³/mol. The van der Waals surface area contributed by atoms with Crippen LogP contribution in [-0.4, -0.2) is 30.5 Å². The number of fused-ring (bicyclic) bond motifs is 1. The summed E-state index contributed by atoms with van der Waals surface area (Å²) in [6.45, 7) is 2.13. The van der Waals surface area contributed by atoms with Gasteiger partial charge in [0.1, 0.15) is 5.69 Å². The van der Waals surface area contributed by atoms with Crippen molar-refractivity contribution in [2.45, 2.75) is 19.1 Å². The molecule has 21 heavy (non-hydrogen) atoms. The normalized spacial score (nSPS) is 13.9. The van der Waals surface area contributed by atoms with Crippen LogP contribution in [0.15, 0.2) is 24.3 Å². The number of nitrogens with zero attached hydrogens (tertiary/aromatic N) is 2. The van der Waals surface area contributed by atoms with E-state index in [1.165, 1.54) is 0 Å². The van der Waals surface area contributed by atoms with Gasteiger partial charge in [-0.15, -0.1) is 0 Å². The van der Waals surface area contributed by atoms with Crippen molar-refractivity contribution < 1.29 is 13.2 Å². The van der Waals surface area contributed by atoms with Crippen molar-refractivity contribution in [2.24, 2.45) is 5.73 Å². The van der Waals surface area contributed by atoms with E-state index in [-0.39, 0.29) is 12.6 Å². The van der Waals surface area contributed by atoms with Crippen LogP contribution in [0.25, 0.3) is 10.9 Å². The molecule has 2 aromatic rings. The lowest BCUT2D eigenvalue weighted by Crippen LogP contribution is -2.28. The van der Waals surface area contributed by atoms with Crippen LogP contribution in [0.4, 0.5) is 13.2 Å². The summed E-state index contributed by atoms with van der Waals surface area (Å²) in [6, 6.07) is 6.04. The van der Waals surface area contributed by atoms with Crippen molar-refractivity contribution in [3.8, 4) is 0 Å². The second kappa shape index (κ2) is 5.61. The molecule has 3 nitrogen and oxygen atoms in total. The van der Waals surface area contributed by atoms with Gasteiger partial charge >= 0.3 is 6.18 Å². The molecule has 0 saturated heterocycles. The number of alkyl halides is 3. The highest BCUT2D eigenvalue weighted by Gasteiger charge is 2.34. The van der Waals surface area contributed by atoms with E-state index in [1.807, 2.05) is 17.9 Å². The van der Waals surface area contributed by atoms with Crippen molar-refractivity contribution in [1.82, 2.24) is 9.88 Å². The third-order valence-corrected chi connectivity index (χ3v) is 3.49. The first-order valence-electron chi connectivity index (χ1n) is 6.59. The predicted octanol–water partition coefficient (Wildman–Crippen LogP) is 3.12. The third kappa shape index (κ3) is 3.16. The molecular weight excluding hydrogens is 279 g/mol. The van der Waals surface area contributed by atoms with Gasteiger partial charge in [0.2, 0.25) is 0 Å². The van der Waals surface area contributed by atoms with Gasteiger partial charge in [0, 0.05) is 18.0 Å². The summed E-state index contributed by atoms with van der Waals surface area (Å²) in [5.41, 5.74) is 6.74. The zero-order chi connectivity index (χ0) is 15.8. The van der Waals surface area contributed by atoms with Gasteiger partial charge in [-0.3, -0.25) is 0 Å². The molecule has 1 unspecified atom stereocenters. The molecule has 1 aromatic heterocycles. The molecule has 0 aliphatic heterocycles. The van der Waals surface area contributed by atoms with E-state index in [9.17, 15) is 13.2 Å². The minimum atomic E-state index is -4.47. The second-order valence-electron chi connectivity index (χ2n) is 5.33. The maximum atomic E-state index is 13.0. The maximum Gasteiger partial charge on any atom is 0.433 e. The van der Waals surface area contributed by atoms with Gasteiger partial charge in [-0.2, -0.15) is 13.2 Å². The first-order valence-corrected chi connectivity index (χ1v) is 6.59. The molecule has 6 heteroatoms. The van der Waals surface area contributed by atoms with Crippen LogP contribution in [-0.2, 0) is 6.18 Å². The number of likely N-dealkylation sites (N-methyl/N-ethyl adjacent to an activating group) is 1. The summed E-state index contributed by atoms with van der Waals surface area (Å²) in [7, 11) is 3.60. The topological polar surface area (TPSA) is 42.1 Å². The number of benzene rings is 1. The Balaban J connectivity index is 2.77. The summed E-state index contributed by atoms with van der Waals surface area (Å²) in [4.78, 5) is 5.56. The molecule has 0 aliphatic carbocycles. The van der Waals surface area contributed by atoms with E-state index in [0.29, 0.717) is 16.5 Å². The molecule has 0 radical (unpaired) electrons. The van der Waals surface area contributed by atoms with Gasteiger partial charge in [-0.05, 0) is 44.8 Å². The van der Waals surface area contributed by atoms with Gasteiger partial charge in [-0.1, -0.05) is 11.6 Å². The van der Waals surface area contributed by atoms with Gasteiger partial charge in [-0.25, -0.2) is 4.98 Å². The number of hydrogen-bond donors (Lipinski definition) is 1. The number of nitrogens with two attached hydrogens (primary N) is 1. The number of hydrogen-bond acceptors (Lipinski definition) is 3. The Bertz CT molecular complexity index is 650. The Morgan fingerprint density at radius 2 is 1.90 bits per heavy atom. The summed E-state index contributed by atoms with van der Waals surface area (Å²) < 4.78 is 39.1. The number of halogens is 3. The van der Waals surface area contributed by atoms with E-state index in [4.69, 9.17) is 5.73 Å². The average molecular weight is 297 g/mol. The van der Waals surface area contributed by atoms with Gasteiger partial charge in [0.25, 0.3) is 0 Å². The van der Waals surface area contributed by atoms with Crippen LogP contribution in [0, 0.1) is 6.92 Å². The lowest BCUT2D eigenvalue weighted by molar-refractivity contribution is -0.141. The van der Waals surface area contributed by atoms with E-state index in [0.717, 1.165) is 11.6 Å². The Hall–Kier alpha value is -1.66. The van der Waals surface area contributed by atoms with Crippen molar-refractivity contribution in [2.75, 3.05) is 20.6 Å². The summed E-state index contributed by atoms with van der Waals surface area (Å²) in [6.07, 6.45) is -4.47. The van der Waals surface area contributed by atoms with Crippen molar-refractivity contribution in [3.05, 3.63) is 41.1 Å². The van der Waals surface area contributed by atoms with Crippen LogP contribution in [0.3, 0.4) is 0 Å². The van der Waals surface area contributed by atoms with Gasteiger partial charge in [0.15, 0.2) is 0 Å². The SMILES string of the molecule is Cc1ccc2nc(C(F)(F)F)cc(C(CN)N(C)C)c2c1. The number of aryl methyl sites for hydroxylation is 1. The number of pyridine rings is 1. The molecule has 2 N–H and O–H groups in total. The van der Waals surface area contributed by atoms with Crippen molar-refractivity contribution in [1.29, 1.82) is 0 Å². The van der Waals surface area contributed by atoms with E-state index >= 15 is 0 Å². The van der Waals surface area contributed by atoms with E-state index < -0.39 is 11.9 Å². The number of rotatable bonds is 3. The highest BCUT2D eigenvalue weighted by molar-refractivity contribution is 5.83. The highest BCUT2D eigenvalue weighted by atomic mass is 19.4. The van der Waals surface area contributed by atoms with Crippen LogP contribution in [0.5, 0.6) is 0 Å². The molecule has 0 amide bonds. The average Bonchev–Trinajstić information content (AvgIpc) is 2.38. The molecule has 1 heterocycles. The van der Waals surface area contributed by atoms with Crippen molar-refractivity contribution in [3.63, 3.8) is 0 Å². The molecular formula is C15H18F3N3. The molecule has 0 bridgehead atoms. The quantitative estimate of drug-likeness (QED) is 0.946. The molecule has 1 atom stereocenters. The molecule has 114 valence electrons. The Morgan fingerprint density at radius 3 is 2.43 bits per heavy atom. The van der Waals surface area contributed by atoms with Gasteiger partial charge < -0.3 is 10.6 Å². The van der Waals surface area contributed by atoms with Crippen LogP contribution >= 0.6 is 0 Å². The fourth-order valence-corrected chi connectivity index (χ4v) is 2.40. The lowest BCUT2D eigenvalue weighted by Gasteiger charge is -2.25. The summed E-state index contributed by atoms with van der Waals surface area (Å²) >= 11 is 0. The minimum Gasteiger partial charge on any atom is -0.329 e. The second-order valence-corrected chi connectivity index (χ2v) is 5.33. The zero-order valence-electron chi connectivity index (χ0n) is 12.2. The zero-order valence-corrected chi connectivity index (χ0v) is 12.2. The summed E-state index contributed by atoms with van der Waals surface area (Å²) in [5, 5.41) is 0.715. The Kier molecular flexibility index (Phi) is 4.20. The smallest absolute Gasteiger partial charge is 0.329 e. The van der Waals surface area contributed by atoms with E-state index in [2.05, 4.69) is 4.98 Å². The monoisotopic (exact) mass is 297 g/mol. The highest BCUT2D eigenvalue weighted by Crippen LogP contribution is 2.34. The minimum absolute atomic E-state index is 0.233. The standard InChI is InChI=1S/C15H18F3N3/c1-9-4-5-12-10(6-9)11(13(8-19)21(2)3)7-14(20-12)15(16,17)18/h4-7,13H,8,19H2,1-3H3. The maximum absolute atomic E-state index is 13.0. The lowest BCUT2D eigenvalue weighted by atomic mass is 9.98. The van der Waals surface area contributed by atoms with Crippen LogP contribution in [0.2, 0.25) is 0 Å². The number of aromatic nitrogens is 1. The molecule has 0 saturated carbocycles. The molecule has 2 rings (SSSR count). The fraction of sp³-hybridized carbons (Fsp3) is 0.400. The molecule has 0 spiro atoms. The Labute approximate surface area is 121 Å². The third-order valence-electron chi connectivity index (χ3n) is 3.49. The largest absolute Gasteiger partial charge is 0.433 e. The summed E-state index contributed by atoms with van der Waals surface area (Å²) in [5.74, 6) is 0. The first-order chi connectivity index (χ1) is 9.74. The molecule has 0 aliphatic rings. The van der Waals surface area contributed by atoms with Crippen molar-refractivity contribution >= 4 is 10.9 Å². The fourth-order valence-electron chi connectivity index (χ4n) is 2.40. The van der Waals surface area contributed by atoms with Crippen LogP contribution < -0.4 is 5.73 Å². The first kappa shape index (κ1) is 15.7. The van der Waals surface area contributed by atoms with Crippen LogP contribution in [0.1, 0.15) is 22.9 Å². The molecule has 0 fully saturated rings. The molecule has 1 aromatic carbocycles. The Morgan fingerprint density at radius 1 is 1.24 bits per heavy atom. The van der Waals surface area contributed by atoms with Gasteiger partial charge in [0.05, 0.1) is 5.52 Å². The van der Waals surface area contributed by atoms with E-state index in [1.54, 1.807) is 26.2 Å².